The standard InChI is InChI=1S/C27H21N3O2/c1-2-32-27(31)24-20(17-16-18-10-4-3-5-11-18)19-12-6-7-13-21(19)28-25(24)26-29-22-14-8-9-15-23(22)30-26/h3-17H,2H2,1H3,(H,29,30)/b17-16+. The molecule has 0 spiro atoms. The summed E-state index contributed by atoms with van der Waals surface area (Å²) >= 11 is 0. The minimum atomic E-state index is -0.422. The van der Waals surface area contributed by atoms with Crippen LogP contribution < -0.4 is 0 Å². The second kappa shape index (κ2) is 8.47. The first-order valence-electron chi connectivity index (χ1n) is 10.5. The third-order valence-electron chi connectivity index (χ3n) is 5.27. The quantitative estimate of drug-likeness (QED) is 0.348. The highest BCUT2D eigenvalue weighted by Gasteiger charge is 2.24. The summed E-state index contributed by atoms with van der Waals surface area (Å²) in [5, 5.41) is 0.877. The van der Waals surface area contributed by atoms with Crippen molar-refractivity contribution < 1.29 is 9.53 Å². The molecule has 2 heterocycles. The molecule has 1 N–H and O–H groups in total. The Kier molecular flexibility index (Phi) is 5.22. The smallest absolute Gasteiger partial charge is 0.341 e. The monoisotopic (exact) mass is 419 g/mol. The molecule has 0 fully saturated rings. The van der Waals surface area contributed by atoms with Gasteiger partial charge < -0.3 is 9.72 Å². The minimum Gasteiger partial charge on any atom is -0.462 e. The average Bonchev–Trinajstić information content (AvgIpc) is 3.27. The van der Waals surface area contributed by atoms with E-state index in [1.165, 1.54) is 0 Å². The molecule has 0 atom stereocenters. The summed E-state index contributed by atoms with van der Waals surface area (Å²) in [6, 6.07) is 25.5. The van der Waals surface area contributed by atoms with Gasteiger partial charge in [-0.05, 0) is 30.7 Å². The Labute approximate surface area is 185 Å². The number of H-pyrrole nitrogens is 1. The van der Waals surface area contributed by atoms with Gasteiger partial charge in [0.25, 0.3) is 0 Å². The lowest BCUT2D eigenvalue weighted by Gasteiger charge is -2.13. The largest absolute Gasteiger partial charge is 0.462 e. The van der Waals surface area contributed by atoms with Crippen molar-refractivity contribution in [1.29, 1.82) is 0 Å². The molecule has 0 saturated carbocycles. The van der Waals surface area contributed by atoms with Crippen molar-refractivity contribution in [2.24, 2.45) is 0 Å². The van der Waals surface area contributed by atoms with E-state index in [4.69, 9.17) is 14.7 Å². The number of benzene rings is 3. The van der Waals surface area contributed by atoms with E-state index >= 15 is 0 Å². The average molecular weight is 419 g/mol. The summed E-state index contributed by atoms with van der Waals surface area (Å²) in [7, 11) is 0. The SMILES string of the molecule is CCOC(=O)c1c(-c2nc3ccccc3[nH]2)nc2ccccc2c1/C=C/c1ccccc1. The van der Waals surface area contributed by atoms with Crippen LogP contribution in [0.2, 0.25) is 0 Å². The van der Waals surface area contributed by atoms with Gasteiger partial charge in [-0.15, -0.1) is 0 Å². The van der Waals surface area contributed by atoms with Crippen LogP contribution in [0.5, 0.6) is 0 Å². The van der Waals surface area contributed by atoms with Gasteiger partial charge in [0, 0.05) is 10.9 Å². The number of esters is 1. The maximum atomic E-state index is 13.2. The Morgan fingerprint density at radius 1 is 0.875 bits per heavy atom. The molecule has 0 saturated heterocycles. The molecule has 0 radical (unpaired) electrons. The van der Waals surface area contributed by atoms with Crippen LogP contribution in [0, 0.1) is 0 Å². The van der Waals surface area contributed by atoms with Gasteiger partial charge in [0.1, 0.15) is 5.69 Å². The number of carbonyl (C=O) groups is 1. The maximum absolute atomic E-state index is 13.2. The summed E-state index contributed by atoms with van der Waals surface area (Å²) in [4.78, 5) is 26.0. The molecule has 0 unspecified atom stereocenters. The number of rotatable bonds is 5. The number of nitrogens with one attached hydrogen (secondary N) is 1. The molecular formula is C27H21N3O2. The Hall–Kier alpha value is -4.25. The van der Waals surface area contributed by atoms with Gasteiger partial charge in [-0.3, -0.25) is 0 Å². The molecule has 3 aromatic carbocycles. The molecular weight excluding hydrogens is 398 g/mol. The van der Waals surface area contributed by atoms with Crippen LogP contribution in [0.4, 0.5) is 0 Å². The van der Waals surface area contributed by atoms with Gasteiger partial charge in [-0.25, -0.2) is 14.8 Å². The van der Waals surface area contributed by atoms with Crippen molar-refractivity contribution in [3.63, 3.8) is 0 Å². The van der Waals surface area contributed by atoms with Crippen LogP contribution in [0.3, 0.4) is 0 Å². The van der Waals surface area contributed by atoms with E-state index in [0.29, 0.717) is 17.1 Å². The lowest BCUT2D eigenvalue weighted by atomic mass is 9.98. The Bertz CT molecular complexity index is 1420. The highest BCUT2D eigenvalue weighted by Crippen LogP contribution is 2.32. The Morgan fingerprint density at radius 2 is 1.59 bits per heavy atom. The second-order valence-corrected chi connectivity index (χ2v) is 7.33. The van der Waals surface area contributed by atoms with Crippen molar-refractivity contribution in [2.75, 3.05) is 6.61 Å². The van der Waals surface area contributed by atoms with Crippen LogP contribution in [0.1, 0.15) is 28.4 Å². The summed E-state index contributed by atoms with van der Waals surface area (Å²) in [5.74, 6) is 0.114. The molecule has 0 aliphatic carbocycles. The molecule has 0 bridgehead atoms. The highest BCUT2D eigenvalue weighted by molar-refractivity contribution is 6.07. The predicted octanol–water partition coefficient (Wildman–Crippen LogP) is 6.13. The molecule has 156 valence electrons. The molecule has 2 aromatic heterocycles. The third kappa shape index (κ3) is 3.65. The van der Waals surface area contributed by atoms with E-state index in [1.54, 1.807) is 6.92 Å². The summed E-state index contributed by atoms with van der Waals surface area (Å²) in [6.45, 7) is 2.07. The number of nitrogens with zero attached hydrogens (tertiary/aromatic N) is 2. The van der Waals surface area contributed by atoms with Crippen LogP contribution in [0.25, 0.3) is 45.6 Å². The number of carbonyl (C=O) groups excluding carboxylic acids is 1. The molecule has 5 heteroatoms. The Morgan fingerprint density at radius 3 is 2.38 bits per heavy atom. The fourth-order valence-electron chi connectivity index (χ4n) is 3.80. The van der Waals surface area contributed by atoms with Gasteiger partial charge in [-0.2, -0.15) is 0 Å². The minimum absolute atomic E-state index is 0.271. The number of ether oxygens (including phenoxy) is 1. The lowest BCUT2D eigenvalue weighted by Crippen LogP contribution is -2.11. The number of para-hydroxylation sites is 3. The van der Waals surface area contributed by atoms with E-state index in [2.05, 4.69) is 4.98 Å². The maximum Gasteiger partial charge on any atom is 0.341 e. The topological polar surface area (TPSA) is 67.9 Å². The number of aromatic amines is 1. The molecule has 5 rings (SSSR count). The fraction of sp³-hybridized carbons (Fsp3) is 0.0741. The van der Waals surface area contributed by atoms with Gasteiger partial charge in [-0.1, -0.05) is 72.8 Å². The number of pyridine rings is 1. The van der Waals surface area contributed by atoms with Crippen molar-refractivity contribution in [3.8, 4) is 11.5 Å². The van der Waals surface area contributed by atoms with Crippen molar-refractivity contribution in [1.82, 2.24) is 15.0 Å². The van der Waals surface area contributed by atoms with E-state index < -0.39 is 5.97 Å². The van der Waals surface area contributed by atoms with Crippen LogP contribution in [-0.4, -0.2) is 27.5 Å². The second-order valence-electron chi connectivity index (χ2n) is 7.33. The molecule has 5 nitrogen and oxygen atoms in total. The number of hydrogen-bond donors (Lipinski definition) is 1. The van der Waals surface area contributed by atoms with Gasteiger partial charge >= 0.3 is 5.97 Å². The zero-order valence-corrected chi connectivity index (χ0v) is 17.6. The number of fused-ring (bicyclic) bond motifs is 2. The molecule has 0 aliphatic rings. The van der Waals surface area contributed by atoms with Crippen molar-refractivity contribution in [3.05, 3.63) is 95.6 Å². The number of aromatic nitrogens is 3. The lowest BCUT2D eigenvalue weighted by molar-refractivity contribution is 0.0527. The van der Waals surface area contributed by atoms with E-state index in [-0.39, 0.29) is 6.61 Å². The van der Waals surface area contributed by atoms with E-state index in [0.717, 1.165) is 33.1 Å². The molecule has 32 heavy (non-hydrogen) atoms. The zero-order valence-electron chi connectivity index (χ0n) is 17.6. The normalized spacial score (nSPS) is 11.4. The Balaban J connectivity index is 1.80. The summed E-state index contributed by atoms with van der Waals surface area (Å²) in [6.07, 6.45) is 3.95. The van der Waals surface area contributed by atoms with Crippen molar-refractivity contribution in [2.45, 2.75) is 6.92 Å². The summed E-state index contributed by atoms with van der Waals surface area (Å²) < 4.78 is 5.45. The van der Waals surface area contributed by atoms with E-state index in [1.807, 2.05) is 91.0 Å². The third-order valence-corrected chi connectivity index (χ3v) is 5.27. The van der Waals surface area contributed by atoms with Crippen LogP contribution in [-0.2, 0) is 4.74 Å². The zero-order chi connectivity index (χ0) is 21.9. The van der Waals surface area contributed by atoms with Crippen LogP contribution in [0.15, 0.2) is 78.9 Å². The number of imidazole rings is 1. The fourth-order valence-corrected chi connectivity index (χ4v) is 3.80. The first kappa shape index (κ1) is 19.7. The van der Waals surface area contributed by atoms with Gasteiger partial charge in [0.05, 0.1) is 28.7 Å². The highest BCUT2D eigenvalue weighted by atomic mass is 16.5. The van der Waals surface area contributed by atoms with Gasteiger partial charge in [0.2, 0.25) is 0 Å². The summed E-state index contributed by atoms with van der Waals surface area (Å²) in [5.41, 5.74) is 5.15. The van der Waals surface area contributed by atoms with Crippen LogP contribution >= 0.6 is 0 Å². The van der Waals surface area contributed by atoms with Crippen molar-refractivity contribution >= 4 is 40.1 Å². The molecule has 5 aromatic rings. The predicted molar refractivity (Wildman–Crippen MR) is 128 cm³/mol. The number of hydrogen-bond acceptors (Lipinski definition) is 4. The molecule has 0 aliphatic heterocycles. The first-order chi connectivity index (χ1) is 15.7. The first-order valence-corrected chi connectivity index (χ1v) is 10.5. The van der Waals surface area contributed by atoms with E-state index in [9.17, 15) is 4.79 Å². The molecule has 0 amide bonds. The van der Waals surface area contributed by atoms with Gasteiger partial charge in [0.15, 0.2) is 5.82 Å².